The predicted molar refractivity (Wildman–Crippen MR) is 74.6 cm³/mol. The van der Waals surface area contributed by atoms with Gasteiger partial charge in [0.1, 0.15) is 0 Å². The Morgan fingerprint density at radius 1 is 1.40 bits per heavy atom. The maximum atomic E-state index is 11.6. The van der Waals surface area contributed by atoms with Gasteiger partial charge in [-0.15, -0.1) is 0 Å². The second-order valence-electron chi connectivity index (χ2n) is 4.39. The molecule has 0 heterocycles. The lowest BCUT2D eigenvalue weighted by Crippen LogP contribution is -2.42. The SMILES string of the molecule is COCCC(N)C(=O)NCCc1ccccc1C(=O)O. The van der Waals surface area contributed by atoms with Crippen LogP contribution in [0.1, 0.15) is 22.3 Å². The number of benzene rings is 1. The highest BCUT2D eigenvalue weighted by atomic mass is 16.5. The van der Waals surface area contributed by atoms with Gasteiger partial charge >= 0.3 is 5.97 Å². The van der Waals surface area contributed by atoms with E-state index >= 15 is 0 Å². The van der Waals surface area contributed by atoms with Crippen LogP contribution in [0.25, 0.3) is 0 Å². The number of methoxy groups -OCH3 is 1. The molecule has 0 spiro atoms. The Morgan fingerprint density at radius 3 is 2.75 bits per heavy atom. The van der Waals surface area contributed by atoms with Gasteiger partial charge in [-0.25, -0.2) is 4.79 Å². The minimum Gasteiger partial charge on any atom is -0.478 e. The minimum absolute atomic E-state index is 0.255. The van der Waals surface area contributed by atoms with Gasteiger partial charge in [0.25, 0.3) is 0 Å². The van der Waals surface area contributed by atoms with Gasteiger partial charge in [0.15, 0.2) is 0 Å². The number of carboxylic acid groups (broad SMARTS) is 1. The topological polar surface area (TPSA) is 102 Å². The highest BCUT2D eigenvalue weighted by Gasteiger charge is 2.13. The standard InChI is InChI=1S/C14H20N2O4/c1-20-9-7-12(15)13(17)16-8-6-10-4-2-3-5-11(10)14(18)19/h2-5,12H,6-9,15H2,1H3,(H,16,17)(H,18,19). The van der Waals surface area contributed by atoms with Crippen molar-refractivity contribution in [2.45, 2.75) is 18.9 Å². The van der Waals surface area contributed by atoms with Crippen LogP contribution in [0.4, 0.5) is 0 Å². The lowest BCUT2D eigenvalue weighted by Gasteiger charge is -2.12. The van der Waals surface area contributed by atoms with E-state index in [2.05, 4.69) is 5.32 Å². The smallest absolute Gasteiger partial charge is 0.335 e. The maximum Gasteiger partial charge on any atom is 0.335 e. The molecule has 0 aliphatic carbocycles. The molecule has 1 atom stereocenters. The van der Waals surface area contributed by atoms with E-state index in [0.29, 0.717) is 31.6 Å². The largest absolute Gasteiger partial charge is 0.478 e. The van der Waals surface area contributed by atoms with Crippen molar-refractivity contribution in [1.82, 2.24) is 5.32 Å². The van der Waals surface area contributed by atoms with Crippen molar-refractivity contribution in [3.63, 3.8) is 0 Å². The lowest BCUT2D eigenvalue weighted by atomic mass is 10.0. The fourth-order valence-corrected chi connectivity index (χ4v) is 1.77. The summed E-state index contributed by atoms with van der Waals surface area (Å²) in [4.78, 5) is 22.7. The van der Waals surface area contributed by atoms with Crippen LogP contribution in [0.2, 0.25) is 0 Å². The average Bonchev–Trinajstić information content (AvgIpc) is 2.44. The van der Waals surface area contributed by atoms with Crippen molar-refractivity contribution in [2.24, 2.45) is 5.73 Å². The average molecular weight is 280 g/mol. The number of carbonyl (C=O) groups is 2. The summed E-state index contributed by atoms with van der Waals surface area (Å²) in [6.45, 7) is 0.778. The zero-order valence-corrected chi connectivity index (χ0v) is 11.5. The van der Waals surface area contributed by atoms with Gasteiger partial charge in [-0.05, 0) is 24.5 Å². The molecule has 0 aliphatic rings. The Morgan fingerprint density at radius 2 is 2.10 bits per heavy atom. The Kier molecular flexibility index (Phi) is 6.69. The molecule has 1 rings (SSSR count). The van der Waals surface area contributed by atoms with Crippen molar-refractivity contribution in [1.29, 1.82) is 0 Å². The van der Waals surface area contributed by atoms with E-state index in [9.17, 15) is 9.59 Å². The minimum atomic E-state index is -0.969. The third-order valence-corrected chi connectivity index (χ3v) is 2.91. The molecule has 1 unspecified atom stereocenters. The summed E-state index contributed by atoms with van der Waals surface area (Å²) in [5.74, 6) is -1.22. The van der Waals surface area contributed by atoms with Gasteiger partial charge in [-0.2, -0.15) is 0 Å². The second kappa shape index (κ2) is 8.29. The molecule has 20 heavy (non-hydrogen) atoms. The van der Waals surface area contributed by atoms with Crippen molar-refractivity contribution >= 4 is 11.9 Å². The molecule has 0 fully saturated rings. The highest BCUT2D eigenvalue weighted by Crippen LogP contribution is 2.09. The summed E-state index contributed by atoms with van der Waals surface area (Å²) in [6.07, 6.45) is 0.902. The molecule has 110 valence electrons. The fourth-order valence-electron chi connectivity index (χ4n) is 1.77. The Hall–Kier alpha value is -1.92. The first-order chi connectivity index (χ1) is 9.56. The third-order valence-electron chi connectivity index (χ3n) is 2.91. The number of nitrogens with one attached hydrogen (secondary N) is 1. The molecular formula is C14H20N2O4. The summed E-state index contributed by atoms with van der Waals surface area (Å²) in [5.41, 5.74) is 6.62. The van der Waals surface area contributed by atoms with Crippen molar-refractivity contribution in [3.8, 4) is 0 Å². The molecule has 1 aromatic carbocycles. The van der Waals surface area contributed by atoms with Crippen molar-refractivity contribution in [2.75, 3.05) is 20.3 Å². The Labute approximate surface area is 117 Å². The first-order valence-corrected chi connectivity index (χ1v) is 6.39. The van der Waals surface area contributed by atoms with Crippen molar-refractivity contribution in [3.05, 3.63) is 35.4 Å². The number of aromatic carboxylic acids is 1. The third kappa shape index (κ3) is 4.99. The maximum absolute atomic E-state index is 11.6. The second-order valence-corrected chi connectivity index (χ2v) is 4.39. The molecule has 0 saturated carbocycles. The van der Waals surface area contributed by atoms with Crippen LogP contribution in [0.15, 0.2) is 24.3 Å². The number of hydrogen-bond donors (Lipinski definition) is 3. The summed E-state index contributed by atoms with van der Waals surface area (Å²) < 4.78 is 4.85. The number of carbonyl (C=O) groups excluding carboxylic acids is 1. The van der Waals surface area contributed by atoms with Gasteiger partial charge in [0.05, 0.1) is 11.6 Å². The molecule has 0 bridgehead atoms. The molecular weight excluding hydrogens is 260 g/mol. The van der Waals surface area contributed by atoms with Gasteiger partial charge in [-0.1, -0.05) is 18.2 Å². The monoisotopic (exact) mass is 280 g/mol. The van der Waals surface area contributed by atoms with Gasteiger partial charge in [-0.3, -0.25) is 4.79 Å². The van der Waals surface area contributed by atoms with Crippen LogP contribution >= 0.6 is 0 Å². The van der Waals surface area contributed by atoms with E-state index in [-0.39, 0.29) is 11.5 Å². The van der Waals surface area contributed by atoms with Crippen LogP contribution in [0.3, 0.4) is 0 Å². The summed E-state index contributed by atoms with van der Waals surface area (Å²) in [6, 6.07) is 6.12. The molecule has 6 heteroatoms. The number of amides is 1. The lowest BCUT2D eigenvalue weighted by molar-refractivity contribution is -0.122. The quantitative estimate of drug-likeness (QED) is 0.640. The number of rotatable bonds is 8. The van der Waals surface area contributed by atoms with Gasteiger partial charge in [0.2, 0.25) is 5.91 Å². The van der Waals surface area contributed by atoms with Crippen LogP contribution in [0.5, 0.6) is 0 Å². The van der Waals surface area contributed by atoms with Crippen LogP contribution in [0, 0.1) is 0 Å². The Balaban J connectivity index is 2.45. The number of carboxylic acids is 1. The van der Waals surface area contributed by atoms with E-state index in [4.69, 9.17) is 15.6 Å². The molecule has 1 aromatic rings. The summed E-state index contributed by atoms with van der Waals surface area (Å²) >= 11 is 0. The van der Waals surface area contributed by atoms with Crippen LogP contribution in [-0.2, 0) is 16.0 Å². The number of hydrogen-bond acceptors (Lipinski definition) is 4. The molecule has 0 radical (unpaired) electrons. The summed E-state index contributed by atoms with van der Waals surface area (Å²) in [7, 11) is 1.55. The first kappa shape index (κ1) is 16.1. The molecule has 4 N–H and O–H groups in total. The predicted octanol–water partition coefficient (Wildman–Crippen LogP) is 0.407. The van der Waals surface area contributed by atoms with E-state index in [1.54, 1.807) is 31.4 Å². The Bertz CT molecular complexity index is 462. The molecule has 0 aliphatic heterocycles. The molecule has 0 saturated heterocycles. The zero-order valence-electron chi connectivity index (χ0n) is 11.5. The van der Waals surface area contributed by atoms with E-state index < -0.39 is 12.0 Å². The first-order valence-electron chi connectivity index (χ1n) is 6.39. The van der Waals surface area contributed by atoms with Gasteiger partial charge in [0, 0.05) is 20.3 Å². The van der Waals surface area contributed by atoms with Gasteiger partial charge < -0.3 is 20.9 Å². The fraction of sp³-hybridized carbons (Fsp3) is 0.429. The molecule has 6 nitrogen and oxygen atoms in total. The molecule has 0 aromatic heterocycles. The van der Waals surface area contributed by atoms with E-state index in [1.165, 1.54) is 0 Å². The van der Waals surface area contributed by atoms with Crippen LogP contribution in [-0.4, -0.2) is 43.3 Å². The summed E-state index contributed by atoms with van der Waals surface area (Å²) in [5, 5.41) is 11.7. The highest BCUT2D eigenvalue weighted by molar-refractivity contribution is 5.89. The molecule has 1 amide bonds. The normalized spacial score (nSPS) is 11.9. The number of nitrogens with two attached hydrogens (primary N) is 1. The van der Waals surface area contributed by atoms with E-state index in [0.717, 1.165) is 0 Å². The number of ether oxygens (including phenoxy) is 1. The zero-order chi connectivity index (χ0) is 15.0. The van der Waals surface area contributed by atoms with Crippen LogP contribution < -0.4 is 11.1 Å². The van der Waals surface area contributed by atoms with E-state index in [1.807, 2.05) is 0 Å². The van der Waals surface area contributed by atoms with Crippen molar-refractivity contribution < 1.29 is 19.4 Å².